The van der Waals surface area contributed by atoms with E-state index in [0.717, 1.165) is 16.3 Å². The lowest BCUT2D eigenvalue weighted by atomic mass is 10.1. The van der Waals surface area contributed by atoms with Gasteiger partial charge in [0, 0.05) is 18.1 Å². The molecule has 2 aromatic carbocycles. The molecule has 3 rings (SSSR count). The molecule has 1 heterocycles. The predicted molar refractivity (Wildman–Crippen MR) is 108 cm³/mol. The van der Waals surface area contributed by atoms with E-state index in [2.05, 4.69) is 41.5 Å². The number of rotatable bonds is 8. The van der Waals surface area contributed by atoms with E-state index in [1.54, 1.807) is 17.5 Å². The van der Waals surface area contributed by atoms with Crippen LogP contribution in [0.15, 0.2) is 48.0 Å². The SMILES string of the molecule is CCOc1cc(CNc2nccs2)cc(Cl)c1OCc1ccc(C)cc1. The van der Waals surface area contributed by atoms with Crippen LogP contribution in [0, 0.1) is 6.92 Å². The zero-order chi connectivity index (χ0) is 18.4. The second-order valence-electron chi connectivity index (χ2n) is 5.80. The summed E-state index contributed by atoms with van der Waals surface area (Å²) in [6.07, 6.45) is 1.77. The number of thiazole rings is 1. The number of anilines is 1. The molecule has 0 spiro atoms. The minimum atomic E-state index is 0.441. The number of nitrogens with one attached hydrogen (secondary N) is 1. The molecule has 0 saturated heterocycles. The number of nitrogens with zero attached hydrogens (tertiary/aromatic N) is 1. The molecule has 0 bridgehead atoms. The molecule has 6 heteroatoms. The number of hydrogen-bond acceptors (Lipinski definition) is 5. The van der Waals surface area contributed by atoms with E-state index in [-0.39, 0.29) is 0 Å². The Balaban J connectivity index is 1.74. The Bertz CT molecular complexity index is 836. The van der Waals surface area contributed by atoms with E-state index in [9.17, 15) is 0 Å². The Labute approximate surface area is 162 Å². The Hall–Kier alpha value is -2.24. The summed E-state index contributed by atoms with van der Waals surface area (Å²) in [4.78, 5) is 4.22. The van der Waals surface area contributed by atoms with Gasteiger partial charge in [0.05, 0.1) is 11.6 Å². The van der Waals surface area contributed by atoms with Crippen molar-refractivity contribution in [1.29, 1.82) is 0 Å². The van der Waals surface area contributed by atoms with Gasteiger partial charge in [-0.05, 0) is 37.1 Å². The summed E-state index contributed by atoms with van der Waals surface area (Å²) in [5, 5.41) is 6.62. The van der Waals surface area contributed by atoms with Crippen molar-refractivity contribution in [2.45, 2.75) is 27.0 Å². The summed E-state index contributed by atoms with van der Waals surface area (Å²) in [6, 6.07) is 12.1. The Morgan fingerprint density at radius 3 is 2.62 bits per heavy atom. The first kappa shape index (κ1) is 18.5. The minimum Gasteiger partial charge on any atom is -0.490 e. The summed E-state index contributed by atoms with van der Waals surface area (Å²) < 4.78 is 11.7. The van der Waals surface area contributed by atoms with Crippen molar-refractivity contribution >= 4 is 28.1 Å². The molecule has 1 aromatic heterocycles. The fourth-order valence-electron chi connectivity index (χ4n) is 2.45. The monoisotopic (exact) mass is 388 g/mol. The van der Waals surface area contributed by atoms with Crippen LogP contribution in [0.1, 0.15) is 23.6 Å². The van der Waals surface area contributed by atoms with Crippen LogP contribution in [0.4, 0.5) is 5.13 Å². The van der Waals surface area contributed by atoms with Crippen molar-refractivity contribution in [3.05, 3.63) is 69.7 Å². The van der Waals surface area contributed by atoms with Crippen LogP contribution in [0.25, 0.3) is 0 Å². The first-order valence-electron chi connectivity index (χ1n) is 8.42. The Morgan fingerprint density at radius 2 is 1.92 bits per heavy atom. The van der Waals surface area contributed by atoms with Gasteiger partial charge in [-0.15, -0.1) is 11.3 Å². The van der Waals surface area contributed by atoms with Crippen LogP contribution in [-0.4, -0.2) is 11.6 Å². The van der Waals surface area contributed by atoms with Crippen LogP contribution >= 0.6 is 22.9 Å². The van der Waals surface area contributed by atoms with Gasteiger partial charge in [0.1, 0.15) is 6.61 Å². The van der Waals surface area contributed by atoms with Crippen LogP contribution in [0.3, 0.4) is 0 Å². The number of aromatic nitrogens is 1. The summed E-state index contributed by atoms with van der Waals surface area (Å²) in [7, 11) is 0. The highest BCUT2D eigenvalue weighted by Gasteiger charge is 2.13. The largest absolute Gasteiger partial charge is 0.490 e. The molecule has 0 aliphatic heterocycles. The third kappa shape index (κ3) is 4.90. The van der Waals surface area contributed by atoms with Crippen LogP contribution in [0.2, 0.25) is 5.02 Å². The van der Waals surface area contributed by atoms with Crippen LogP contribution < -0.4 is 14.8 Å². The maximum absolute atomic E-state index is 6.48. The molecule has 0 amide bonds. The molecule has 4 nitrogen and oxygen atoms in total. The second kappa shape index (κ2) is 8.92. The van der Waals surface area contributed by atoms with Crippen molar-refractivity contribution in [3.63, 3.8) is 0 Å². The molecule has 0 aliphatic carbocycles. The van der Waals surface area contributed by atoms with E-state index in [1.807, 2.05) is 24.4 Å². The molecule has 26 heavy (non-hydrogen) atoms. The summed E-state index contributed by atoms with van der Waals surface area (Å²) in [6.45, 7) is 5.61. The Morgan fingerprint density at radius 1 is 1.12 bits per heavy atom. The van der Waals surface area contributed by atoms with Gasteiger partial charge in [-0.25, -0.2) is 4.98 Å². The lowest BCUT2D eigenvalue weighted by Gasteiger charge is -2.15. The standard InChI is InChI=1S/C20H21ClN2O2S/c1-3-24-18-11-16(12-23-20-22-8-9-26-20)10-17(21)19(18)25-13-15-6-4-14(2)5-7-15/h4-11H,3,12-13H2,1-2H3,(H,22,23). The molecular weight excluding hydrogens is 368 g/mol. The second-order valence-corrected chi connectivity index (χ2v) is 7.10. The third-order valence-electron chi connectivity index (χ3n) is 3.75. The van der Waals surface area contributed by atoms with Crippen LogP contribution in [0.5, 0.6) is 11.5 Å². The van der Waals surface area contributed by atoms with Gasteiger partial charge in [0.25, 0.3) is 0 Å². The van der Waals surface area contributed by atoms with Gasteiger partial charge >= 0.3 is 0 Å². The quantitative estimate of drug-likeness (QED) is 0.538. The van der Waals surface area contributed by atoms with E-state index >= 15 is 0 Å². The molecular formula is C20H21ClN2O2S. The van der Waals surface area contributed by atoms with E-state index in [1.165, 1.54) is 5.56 Å². The molecule has 0 saturated carbocycles. The van der Waals surface area contributed by atoms with Gasteiger partial charge < -0.3 is 14.8 Å². The number of hydrogen-bond donors (Lipinski definition) is 1. The number of aryl methyl sites for hydroxylation is 1. The third-order valence-corrected chi connectivity index (χ3v) is 4.76. The number of halogens is 1. The minimum absolute atomic E-state index is 0.441. The first-order valence-corrected chi connectivity index (χ1v) is 9.68. The normalized spacial score (nSPS) is 10.6. The zero-order valence-corrected chi connectivity index (χ0v) is 16.4. The van der Waals surface area contributed by atoms with E-state index in [0.29, 0.717) is 36.3 Å². The molecule has 0 aliphatic rings. The molecule has 0 unspecified atom stereocenters. The number of benzene rings is 2. The fourth-order valence-corrected chi connectivity index (χ4v) is 3.27. The lowest BCUT2D eigenvalue weighted by molar-refractivity contribution is 0.269. The van der Waals surface area contributed by atoms with Gasteiger partial charge in [0.2, 0.25) is 0 Å². The highest BCUT2D eigenvalue weighted by Crippen LogP contribution is 2.37. The smallest absolute Gasteiger partial charge is 0.182 e. The predicted octanol–water partition coefficient (Wildman–Crippen LogP) is 5.69. The van der Waals surface area contributed by atoms with Crippen molar-refractivity contribution in [2.75, 3.05) is 11.9 Å². The van der Waals surface area contributed by atoms with E-state index in [4.69, 9.17) is 21.1 Å². The van der Waals surface area contributed by atoms with E-state index < -0.39 is 0 Å². The molecule has 0 radical (unpaired) electrons. The van der Waals surface area contributed by atoms with Gasteiger partial charge in [-0.3, -0.25) is 0 Å². The summed E-state index contributed by atoms with van der Waals surface area (Å²) in [5.74, 6) is 1.23. The highest BCUT2D eigenvalue weighted by molar-refractivity contribution is 7.13. The van der Waals surface area contributed by atoms with Crippen LogP contribution in [-0.2, 0) is 13.2 Å². The van der Waals surface area contributed by atoms with Crippen molar-refractivity contribution < 1.29 is 9.47 Å². The molecule has 0 fully saturated rings. The number of ether oxygens (including phenoxy) is 2. The lowest BCUT2D eigenvalue weighted by Crippen LogP contribution is -2.04. The van der Waals surface area contributed by atoms with Crippen molar-refractivity contribution in [2.24, 2.45) is 0 Å². The molecule has 3 aromatic rings. The Kier molecular flexibility index (Phi) is 6.36. The highest BCUT2D eigenvalue weighted by atomic mass is 35.5. The maximum atomic E-state index is 6.48. The van der Waals surface area contributed by atoms with Gasteiger partial charge in [0.15, 0.2) is 16.6 Å². The summed E-state index contributed by atoms with van der Waals surface area (Å²) >= 11 is 8.04. The van der Waals surface area contributed by atoms with Crippen molar-refractivity contribution in [1.82, 2.24) is 4.98 Å². The first-order chi connectivity index (χ1) is 12.7. The van der Waals surface area contributed by atoms with Gasteiger partial charge in [-0.1, -0.05) is 41.4 Å². The molecule has 1 N–H and O–H groups in total. The molecule has 136 valence electrons. The topological polar surface area (TPSA) is 43.4 Å². The molecule has 0 atom stereocenters. The fraction of sp³-hybridized carbons (Fsp3) is 0.250. The average Bonchev–Trinajstić information content (AvgIpc) is 3.14. The van der Waals surface area contributed by atoms with Crippen molar-refractivity contribution in [3.8, 4) is 11.5 Å². The zero-order valence-electron chi connectivity index (χ0n) is 14.8. The maximum Gasteiger partial charge on any atom is 0.182 e. The average molecular weight is 389 g/mol. The van der Waals surface area contributed by atoms with Gasteiger partial charge in [-0.2, -0.15) is 0 Å². The summed E-state index contributed by atoms with van der Waals surface area (Å²) in [5.41, 5.74) is 3.32.